The minimum absolute atomic E-state index is 0.187. The molecule has 3 nitrogen and oxygen atoms in total. The lowest BCUT2D eigenvalue weighted by atomic mass is 10.0. The number of hydrogen-bond donors (Lipinski definition) is 1. The Morgan fingerprint density at radius 2 is 2.05 bits per heavy atom. The molecule has 0 amide bonds. The molecule has 0 bridgehead atoms. The quantitative estimate of drug-likeness (QED) is 0.844. The van der Waals surface area contributed by atoms with E-state index in [1.165, 1.54) is 6.42 Å². The van der Waals surface area contributed by atoms with Gasteiger partial charge in [0.05, 0.1) is 10.6 Å². The Labute approximate surface area is 116 Å². The van der Waals surface area contributed by atoms with Crippen molar-refractivity contribution in [3.63, 3.8) is 0 Å². The molecule has 106 valence electrons. The topological polar surface area (TPSA) is 46.2 Å². The first-order valence-electron chi connectivity index (χ1n) is 7.06. The zero-order valence-corrected chi connectivity index (χ0v) is 12.5. The molecule has 0 aliphatic carbocycles. The molecule has 0 radical (unpaired) electrons. The monoisotopic (exact) mass is 281 g/mol. The third-order valence-corrected chi connectivity index (χ3v) is 5.47. The SMILES string of the molecule is CC(C)CCCNC1CCS(=O)(=O)c2ccccc21. The second-order valence-corrected chi connectivity index (χ2v) is 7.77. The maximum atomic E-state index is 12.0. The van der Waals surface area contributed by atoms with E-state index in [9.17, 15) is 8.42 Å². The highest BCUT2D eigenvalue weighted by atomic mass is 32.2. The first kappa shape index (κ1) is 14.5. The first-order valence-corrected chi connectivity index (χ1v) is 8.71. The van der Waals surface area contributed by atoms with Crippen LogP contribution in [-0.4, -0.2) is 20.7 Å². The van der Waals surface area contributed by atoms with Crippen LogP contribution in [-0.2, 0) is 9.84 Å². The van der Waals surface area contributed by atoms with Gasteiger partial charge in [-0.3, -0.25) is 0 Å². The summed E-state index contributed by atoms with van der Waals surface area (Å²) in [5, 5.41) is 3.51. The highest BCUT2D eigenvalue weighted by molar-refractivity contribution is 7.91. The van der Waals surface area contributed by atoms with Crippen LogP contribution < -0.4 is 5.32 Å². The van der Waals surface area contributed by atoms with Crippen molar-refractivity contribution in [3.05, 3.63) is 29.8 Å². The van der Waals surface area contributed by atoms with Gasteiger partial charge in [0.2, 0.25) is 0 Å². The van der Waals surface area contributed by atoms with Crippen LogP contribution in [0.2, 0.25) is 0 Å². The van der Waals surface area contributed by atoms with Gasteiger partial charge in [-0.15, -0.1) is 0 Å². The molecule has 1 aromatic carbocycles. The lowest BCUT2D eigenvalue weighted by Gasteiger charge is -2.26. The molecule has 1 atom stereocenters. The zero-order valence-electron chi connectivity index (χ0n) is 11.7. The van der Waals surface area contributed by atoms with Gasteiger partial charge in [-0.05, 0) is 43.4 Å². The predicted octanol–water partition coefficient (Wildman–Crippen LogP) is 2.93. The van der Waals surface area contributed by atoms with Gasteiger partial charge in [0.1, 0.15) is 0 Å². The van der Waals surface area contributed by atoms with Crippen LogP contribution in [0.3, 0.4) is 0 Å². The van der Waals surface area contributed by atoms with Crippen molar-refractivity contribution in [2.24, 2.45) is 5.92 Å². The summed E-state index contributed by atoms with van der Waals surface area (Å²) >= 11 is 0. The van der Waals surface area contributed by atoms with Crippen LogP contribution in [0, 0.1) is 5.92 Å². The number of sulfone groups is 1. The second-order valence-electron chi connectivity index (χ2n) is 5.69. The Balaban J connectivity index is 2.04. The number of benzene rings is 1. The van der Waals surface area contributed by atoms with E-state index in [4.69, 9.17) is 0 Å². The molecule has 1 aliphatic heterocycles. The van der Waals surface area contributed by atoms with Gasteiger partial charge >= 0.3 is 0 Å². The van der Waals surface area contributed by atoms with E-state index in [1.54, 1.807) is 12.1 Å². The van der Waals surface area contributed by atoms with Crippen LogP contribution in [0.15, 0.2) is 29.2 Å². The van der Waals surface area contributed by atoms with Crippen LogP contribution in [0.4, 0.5) is 0 Å². The molecule has 4 heteroatoms. The van der Waals surface area contributed by atoms with Crippen molar-refractivity contribution in [1.29, 1.82) is 0 Å². The van der Waals surface area contributed by atoms with E-state index in [2.05, 4.69) is 19.2 Å². The average molecular weight is 281 g/mol. The van der Waals surface area contributed by atoms with Gasteiger partial charge < -0.3 is 5.32 Å². The lowest BCUT2D eigenvalue weighted by molar-refractivity contribution is 0.461. The van der Waals surface area contributed by atoms with E-state index in [-0.39, 0.29) is 11.8 Å². The van der Waals surface area contributed by atoms with Crippen molar-refractivity contribution in [1.82, 2.24) is 5.32 Å². The Morgan fingerprint density at radius 3 is 2.79 bits per heavy atom. The highest BCUT2D eigenvalue weighted by Gasteiger charge is 2.29. The fourth-order valence-electron chi connectivity index (χ4n) is 2.59. The second kappa shape index (κ2) is 6.06. The molecule has 1 aromatic rings. The van der Waals surface area contributed by atoms with E-state index < -0.39 is 9.84 Å². The average Bonchev–Trinajstić information content (AvgIpc) is 2.37. The fourth-order valence-corrected chi connectivity index (χ4v) is 4.21. The van der Waals surface area contributed by atoms with Crippen LogP contribution in [0.1, 0.15) is 44.7 Å². The molecular formula is C15H23NO2S. The van der Waals surface area contributed by atoms with E-state index in [0.717, 1.165) is 24.4 Å². The standard InChI is InChI=1S/C15H23NO2S/c1-12(2)6-5-10-16-14-9-11-19(17,18)15-8-4-3-7-13(14)15/h3-4,7-8,12,14,16H,5-6,9-11H2,1-2H3. The zero-order chi connectivity index (χ0) is 13.9. The summed E-state index contributed by atoms with van der Waals surface area (Å²) in [6.07, 6.45) is 3.03. The van der Waals surface area contributed by atoms with Gasteiger partial charge in [-0.2, -0.15) is 0 Å². The van der Waals surface area contributed by atoms with Crippen molar-refractivity contribution in [3.8, 4) is 0 Å². The molecular weight excluding hydrogens is 258 g/mol. The van der Waals surface area contributed by atoms with Gasteiger partial charge in [-0.25, -0.2) is 8.42 Å². The molecule has 0 spiro atoms. The van der Waals surface area contributed by atoms with Gasteiger partial charge in [-0.1, -0.05) is 32.0 Å². The summed E-state index contributed by atoms with van der Waals surface area (Å²) in [6.45, 7) is 5.40. The maximum Gasteiger partial charge on any atom is 0.178 e. The molecule has 0 aromatic heterocycles. The molecule has 0 fully saturated rings. The smallest absolute Gasteiger partial charge is 0.178 e. The summed E-state index contributed by atoms with van der Waals surface area (Å²) in [5.41, 5.74) is 0.943. The highest BCUT2D eigenvalue weighted by Crippen LogP contribution is 2.31. The van der Waals surface area contributed by atoms with Crippen molar-refractivity contribution in [2.75, 3.05) is 12.3 Å². The summed E-state index contributed by atoms with van der Waals surface area (Å²) in [4.78, 5) is 0.516. The molecule has 0 saturated carbocycles. The molecule has 1 heterocycles. The molecule has 1 N–H and O–H groups in total. The number of fused-ring (bicyclic) bond motifs is 1. The Bertz CT molecular complexity index is 523. The molecule has 19 heavy (non-hydrogen) atoms. The van der Waals surface area contributed by atoms with E-state index in [0.29, 0.717) is 11.3 Å². The summed E-state index contributed by atoms with van der Waals surface area (Å²) in [5.74, 6) is 0.979. The maximum absolute atomic E-state index is 12.0. The number of rotatable bonds is 5. The third-order valence-electron chi connectivity index (χ3n) is 3.65. The van der Waals surface area contributed by atoms with Crippen molar-refractivity contribution < 1.29 is 8.42 Å². The normalized spacial score (nSPS) is 21.3. The lowest BCUT2D eigenvalue weighted by Crippen LogP contribution is -2.30. The van der Waals surface area contributed by atoms with Crippen LogP contribution in [0.5, 0.6) is 0 Å². The first-order chi connectivity index (χ1) is 9.00. The van der Waals surface area contributed by atoms with E-state index in [1.807, 2.05) is 12.1 Å². The minimum atomic E-state index is -3.06. The summed E-state index contributed by atoms with van der Waals surface area (Å²) < 4.78 is 24.0. The van der Waals surface area contributed by atoms with Gasteiger partial charge in [0, 0.05) is 6.04 Å². The third kappa shape index (κ3) is 3.57. The van der Waals surface area contributed by atoms with Gasteiger partial charge in [0.15, 0.2) is 9.84 Å². The largest absolute Gasteiger partial charge is 0.310 e. The van der Waals surface area contributed by atoms with Crippen molar-refractivity contribution >= 4 is 9.84 Å². The molecule has 0 saturated heterocycles. The molecule has 2 rings (SSSR count). The number of hydrogen-bond acceptors (Lipinski definition) is 3. The molecule has 1 aliphatic rings. The van der Waals surface area contributed by atoms with E-state index >= 15 is 0 Å². The Morgan fingerprint density at radius 1 is 1.32 bits per heavy atom. The summed E-state index contributed by atoms with van der Waals surface area (Å²) in [6, 6.07) is 7.57. The predicted molar refractivity (Wildman–Crippen MR) is 77.9 cm³/mol. The Kier molecular flexibility index (Phi) is 4.63. The van der Waals surface area contributed by atoms with Crippen LogP contribution >= 0.6 is 0 Å². The molecule has 1 unspecified atom stereocenters. The van der Waals surface area contributed by atoms with Gasteiger partial charge in [0.25, 0.3) is 0 Å². The minimum Gasteiger partial charge on any atom is -0.310 e. The fraction of sp³-hybridized carbons (Fsp3) is 0.600. The van der Waals surface area contributed by atoms with Crippen molar-refractivity contribution in [2.45, 2.75) is 44.0 Å². The van der Waals surface area contributed by atoms with Crippen LogP contribution in [0.25, 0.3) is 0 Å². The Hall–Kier alpha value is -0.870. The number of nitrogens with one attached hydrogen (secondary N) is 1. The summed E-state index contributed by atoms with van der Waals surface area (Å²) in [7, 11) is -3.06.